The van der Waals surface area contributed by atoms with Gasteiger partial charge in [-0.2, -0.15) is 0 Å². The quantitative estimate of drug-likeness (QED) is 0.0980. The number of ether oxygens (including phenoxy) is 2. The molecule has 1 aliphatic rings. The van der Waals surface area contributed by atoms with E-state index in [4.69, 9.17) is 14.5 Å². The summed E-state index contributed by atoms with van der Waals surface area (Å²) in [7, 11) is 0. The van der Waals surface area contributed by atoms with Gasteiger partial charge in [0, 0.05) is 0 Å². The molecule has 6 nitrogen and oxygen atoms in total. The number of hydrogen-bond acceptors (Lipinski definition) is 6. The van der Waals surface area contributed by atoms with Crippen molar-refractivity contribution in [2.45, 2.75) is 109 Å². The molecule has 0 saturated heterocycles. The van der Waals surface area contributed by atoms with Gasteiger partial charge in [0.05, 0.1) is 18.9 Å². The highest BCUT2D eigenvalue weighted by Gasteiger charge is 2.36. The van der Waals surface area contributed by atoms with Crippen molar-refractivity contribution in [2.75, 3.05) is 6.61 Å². The zero-order valence-electron chi connectivity index (χ0n) is 24.2. The van der Waals surface area contributed by atoms with Crippen LogP contribution >= 0.6 is 0 Å². The van der Waals surface area contributed by atoms with Crippen LogP contribution in [0.3, 0.4) is 0 Å². The van der Waals surface area contributed by atoms with Gasteiger partial charge in [0.15, 0.2) is 11.9 Å². The van der Waals surface area contributed by atoms with E-state index in [9.17, 15) is 15.0 Å². The van der Waals surface area contributed by atoms with E-state index >= 15 is 0 Å². The molecule has 0 radical (unpaired) electrons. The summed E-state index contributed by atoms with van der Waals surface area (Å²) in [6.45, 7) is 2.18. The zero-order valence-corrected chi connectivity index (χ0v) is 24.2. The number of aliphatic hydroxyl groups is 2. The Morgan fingerprint density at radius 3 is 1.90 bits per heavy atom. The van der Waals surface area contributed by atoms with E-state index in [1.165, 1.54) is 64.2 Å². The minimum absolute atomic E-state index is 0.113. The van der Waals surface area contributed by atoms with Crippen LogP contribution in [-0.2, 0) is 16.1 Å². The van der Waals surface area contributed by atoms with Crippen LogP contribution in [0.2, 0.25) is 0 Å². The first-order chi connectivity index (χ1) is 19.6. The minimum Gasteiger partial charge on any atom is -0.507 e. The molecule has 40 heavy (non-hydrogen) atoms. The third-order valence-electron chi connectivity index (χ3n) is 7.34. The maximum absolute atomic E-state index is 12.5. The number of nitrogens with zero attached hydrogens (tertiary/aromatic N) is 1. The van der Waals surface area contributed by atoms with Gasteiger partial charge in [0.25, 0.3) is 0 Å². The SMILES string of the molecule is CCCCCCCCCCCCCCCC(=NCc1ccc(Oc2ccccc2)cc1)C1=C(O)C(CO)OC1=O. The molecule has 0 spiro atoms. The molecule has 0 amide bonds. The van der Waals surface area contributed by atoms with Gasteiger partial charge in [-0.15, -0.1) is 0 Å². The summed E-state index contributed by atoms with van der Waals surface area (Å²) in [5.41, 5.74) is 1.63. The predicted octanol–water partition coefficient (Wildman–Crippen LogP) is 8.63. The summed E-state index contributed by atoms with van der Waals surface area (Å²) in [4.78, 5) is 17.2. The maximum atomic E-state index is 12.5. The molecule has 0 bridgehead atoms. The van der Waals surface area contributed by atoms with Crippen LogP contribution < -0.4 is 4.74 Å². The van der Waals surface area contributed by atoms with Gasteiger partial charge in [0.2, 0.25) is 0 Å². The number of aliphatic hydroxyl groups excluding tert-OH is 2. The van der Waals surface area contributed by atoms with Crippen LogP contribution in [0, 0.1) is 0 Å². The molecule has 1 atom stereocenters. The van der Waals surface area contributed by atoms with Gasteiger partial charge < -0.3 is 19.7 Å². The van der Waals surface area contributed by atoms with E-state index in [2.05, 4.69) is 6.92 Å². The Hall–Kier alpha value is -3.12. The van der Waals surface area contributed by atoms with E-state index in [1.807, 2.05) is 54.6 Å². The number of aliphatic imine (C=N–C) groups is 1. The second-order valence-electron chi connectivity index (χ2n) is 10.7. The predicted molar refractivity (Wildman–Crippen MR) is 161 cm³/mol. The van der Waals surface area contributed by atoms with Gasteiger partial charge >= 0.3 is 5.97 Å². The van der Waals surface area contributed by atoms with Crippen LogP contribution in [0.5, 0.6) is 11.5 Å². The fraction of sp³-hybridized carbons (Fsp3) is 0.529. The Balaban J connectivity index is 1.47. The third kappa shape index (κ3) is 10.8. The number of benzene rings is 2. The number of carbonyl (C=O) groups excluding carboxylic acids is 1. The number of rotatable bonds is 20. The van der Waals surface area contributed by atoms with Crippen molar-refractivity contribution in [3.63, 3.8) is 0 Å². The van der Waals surface area contributed by atoms with E-state index in [0.717, 1.165) is 36.3 Å². The van der Waals surface area contributed by atoms with Crippen molar-refractivity contribution in [1.82, 2.24) is 0 Å². The zero-order chi connectivity index (χ0) is 28.4. The highest BCUT2D eigenvalue weighted by atomic mass is 16.6. The number of carbonyl (C=O) groups is 1. The van der Waals surface area contributed by atoms with Gasteiger partial charge in [-0.1, -0.05) is 114 Å². The Labute approximate surface area is 240 Å². The molecule has 3 rings (SSSR count). The van der Waals surface area contributed by atoms with Crippen LogP contribution in [0.1, 0.15) is 102 Å². The minimum atomic E-state index is -1.01. The molecule has 2 N–H and O–H groups in total. The molecule has 1 heterocycles. The molecule has 0 saturated carbocycles. The molecule has 1 aliphatic heterocycles. The van der Waals surface area contributed by atoms with Crippen molar-refractivity contribution in [2.24, 2.45) is 4.99 Å². The number of unbranched alkanes of at least 4 members (excludes halogenated alkanes) is 12. The first-order valence-electron chi connectivity index (χ1n) is 15.2. The fourth-order valence-corrected chi connectivity index (χ4v) is 4.97. The van der Waals surface area contributed by atoms with Crippen molar-refractivity contribution in [1.29, 1.82) is 0 Å². The molecular weight excluding hydrogens is 502 g/mol. The normalized spacial score (nSPS) is 15.5. The Morgan fingerprint density at radius 2 is 1.35 bits per heavy atom. The largest absolute Gasteiger partial charge is 0.507 e. The topological polar surface area (TPSA) is 88.3 Å². The Kier molecular flexibility index (Phi) is 14.3. The number of esters is 1. The molecule has 0 aliphatic carbocycles. The van der Waals surface area contributed by atoms with Gasteiger partial charge in [-0.3, -0.25) is 4.99 Å². The van der Waals surface area contributed by atoms with Crippen LogP contribution in [0.25, 0.3) is 0 Å². The molecule has 218 valence electrons. The summed E-state index contributed by atoms with van der Waals surface area (Å²) >= 11 is 0. The maximum Gasteiger partial charge on any atom is 0.344 e. The highest BCUT2D eigenvalue weighted by molar-refractivity contribution is 6.21. The summed E-state index contributed by atoms with van der Waals surface area (Å²) < 4.78 is 11.0. The van der Waals surface area contributed by atoms with Gasteiger partial charge in [0.1, 0.15) is 17.1 Å². The standard InChI is InChI=1S/C34H47NO5/c1-2-3-4-5-6-7-8-9-10-11-12-13-17-20-30(32-33(37)31(26-36)40-34(32)38)35-25-27-21-23-29(24-22-27)39-28-18-15-14-16-19-28/h14-16,18-19,21-24,31,36-37H,2-13,17,20,25-26H2,1H3. The second kappa shape index (κ2) is 18.3. The monoisotopic (exact) mass is 549 g/mol. The van der Waals surface area contributed by atoms with E-state index in [-0.39, 0.29) is 11.3 Å². The molecule has 1 unspecified atom stereocenters. The lowest BCUT2D eigenvalue weighted by molar-refractivity contribution is -0.141. The first kappa shape index (κ1) is 31.4. The Morgan fingerprint density at radius 1 is 0.800 bits per heavy atom. The summed E-state index contributed by atoms with van der Waals surface area (Å²) in [5.74, 6) is 0.676. The smallest absolute Gasteiger partial charge is 0.344 e. The molecular formula is C34H47NO5. The van der Waals surface area contributed by atoms with E-state index in [1.54, 1.807) is 0 Å². The van der Waals surface area contributed by atoms with Crippen molar-refractivity contribution in [3.8, 4) is 11.5 Å². The summed E-state index contributed by atoms with van der Waals surface area (Å²) in [5, 5.41) is 20.0. The van der Waals surface area contributed by atoms with E-state index < -0.39 is 18.7 Å². The van der Waals surface area contributed by atoms with E-state index in [0.29, 0.717) is 18.7 Å². The third-order valence-corrected chi connectivity index (χ3v) is 7.34. The molecule has 6 heteroatoms. The molecule has 0 fully saturated rings. The molecule has 0 aromatic heterocycles. The highest BCUT2D eigenvalue weighted by Crippen LogP contribution is 2.26. The summed E-state index contributed by atoms with van der Waals surface area (Å²) in [6.07, 6.45) is 16.0. The van der Waals surface area contributed by atoms with Crippen molar-refractivity contribution in [3.05, 3.63) is 71.5 Å². The van der Waals surface area contributed by atoms with Crippen LogP contribution in [0.15, 0.2) is 70.9 Å². The average molecular weight is 550 g/mol. The van der Waals surface area contributed by atoms with Crippen molar-refractivity contribution >= 4 is 11.7 Å². The average Bonchev–Trinajstić information content (AvgIpc) is 3.26. The van der Waals surface area contributed by atoms with Crippen LogP contribution in [0.4, 0.5) is 0 Å². The fourth-order valence-electron chi connectivity index (χ4n) is 4.97. The van der Waals surface area contributed by atoms with Gasteiger partial charge in [-0.05, 0) is 42.7 Å². The molecule has 2 aromatic rings. The molecule has 2 aromatic carbocycles. The van der Waals surface area contributed by atoms with Gasteiger partial charge in [-0.25, -0.2) is 4.79 Å². The lowest BCUT2D eigenvalue weighted by Gasteiger charge is -2.09. The van der Waals surface area contributed by atoms with Crippen LogP contribution in [-0.4, -0.2) is 34.6 Å². The van der Waals surface area contributed by atoms with Crippen molar-refractivity contribution < 1.29 is 24.5 Å². The Bertz CT molecular complexity index is 1060. The summed E-state index contributed by atoms with van der Waals surface area (Å²) in [6, 6.07) is 17.3. The number of para-hydroxylation sites is 1. The first-order valence-corrected chi connectivity index (χ1v) is 15.2. The lowest BCUT2D eigenvalue weighted by atomic mass is 10.0. The second-order valence-corrected chi connectivity index (χ2v) is 10.7. The lowest BCUT2D eigenvalue weighted by Crippen LogP contribution is -2.15. The number of hydrogen-bond donors (Lipinski definition) is 2. The number of cyclic esters (lactones) is 1.